The number of halogens is 1. The second-order valence-corrected chi connectivity index (χ2v) is 4.94. The Morgan fingerprint density at radius 2 is 2.06 bits per heavy atom. The lowest BCUT2D eigenvalue weighted by molar-refractivity contribution is 0.617. The maximum atomic E-state index is 13.1. The zero-order valence-corrected chi connectivity index (χ0v) is 10.4. The molecule has 1 atom stereocenters. The third-order valence-corrected chi connectivity index (χ3v) is 3.67. The van der Waals surface area contributed by atoms with E-state index < -0.39 is 0 Å². The van der Waals surface area contributed by atoms with Gasteiger partial charge < -0.3 is 5.32 Å². The van der Waals surface area contributed by atoms with E-state index in [0.717, 1.165) is 18.7 Å². The second kappa shape index (κ2) is 4.45. The number of hydrogen-bond acceptors (Lipinski definition) is 1. The Bertz CT molecular complexity index is 577. The molecule has 2 heteroatoms. The Balaban J connectivity index is 1.65. The largest absolute Gasteiger partial charge is 0.384 e. The van der Waals surface area contributed by atoms with E-state index in [1.165, 1.54) is 17.2 Å². The number of hydrogen-bond donors (Lipinski definition) is 1. The molecule has 3 rings (SSSR count). The third kappa shape index (κ3) is 1.99. The van der Waals surface area contributed by atoms with Gasteiger partial charge in [-0.15, -0.1) is 0 Å². The van der Waals surface area contributed by atoms with Crippen molar-refractivity contribution >= 4 is 5.69 Å². The van der Waals surface area contributed by atoms with Gasteiger partial charge in [0.15, 0.2) is 0 Å². The highest BCUT2D eigenvalue weighted by Crippen LogP contribution is 2.34. The summed E-state index contributed by atoms with van der Waals surface area (Å²) in [5.74, 6) is 0.445. The van der Waals surface area contributed by atoms with Gasteiger partial charge in [-0.25, -0.2) is 4.39 Å². The topological polar surface area (TPSA) is 12.0 Å². The van der Waals surface area contributed by atoms with Crippen LogP contribution in [0.2, 0.25) is 0 Å². The first-order valence-electron chi connectivity index (χ1n) is 6.32. The molecule has 0 amide bonds. The Morgan fingerprint density at radius 3 is 2.83 bits per heavy atom. The van der Waals surface area contributed by atoms with Gasteiger partial charge in [0.1, 0.15) is 5.82 Å². The smallest absolute Gasteiger partial charge is 0.126 e. The summed E-state index contributed by atoms with van der Waals surface area (Å²) < 4.78 is 13.1. The van der Waals surface area contributed by atoms with Crippen LogP contribution in [0.5, 0.6) is 0 Å². The first kappa shape index (κ1) is 11.3. The lowest BCUT2D eigenvalue weighted by atomic mass is 9.77. The Morgan fingerprint density at radius 1 is 1.22 bits per heavy atom. The van der Waals surface area contributed by atoms with Gasteiger partial charge in [-0.05, 0) is 48.2 Å². The molecule has 0 heterocycles. The van der Waals surface area contributed by atoms with Crippen molar-refractivity contribution in [3.63, 3.8) is 0 Å². The van der Waals surface area contributed by atoms with Crippen molar-refractivity contribution in [2.24, 2.45) is 0 Å². The summed E-state index contributed by atoms with van der Waals surface area (Å²) in [4.78, 5) is 0. The van der Waals surface area contributed by atoms with Crippen LogP contribution in [0.1, 0.15) is 22.6 Å². The van der Waals surface area contributed by atoms with Crippen LogP contribution in [0.3, 0.4) is 0 Å². The van der Waals surface area contributed by atoms with Crippen molar-refractivity contribution in [2.75, 3.05) is 11.9 Å². The third-order valence-electron chi connectivity index (χ3n) is 3.67. The lowest BCUT2D eigenvalue weighted by Crippen LogP contribution is -2.24. The second-order valence-electron chi connectivity index (χ2n) is 4.94. The number of fused-ring (bicyclic) bond motifs is 1. The Kier molecular flexibility index (Phi) is 2.78. The van der Waals surface area contributed by atoms with Gasteiger partial charge in [-0.1, -0.05) is 24.3 Å². The first-order chi connectivity index (χ1) is 8.74. The van der Waals surface area contributed by atoms with Gasteiger partial charge in [0, 0.05) is 18.2 Å². The van der Waals surface area contributed by atoms with Gasteiger partial charge >= 0.3 is 0 Å². The molecule has 1 aliphatic rings. The summed E-state index contributed by atoms with van der Waals surface area (Å²) in [5.41, 5.74) is 4.59. The molecule has 0 fully saturated rings. The molecule has 0 radical (unpaired) electrons. The number of benzene rings is 2. The van der Waals surface area contributed by atoms with Crippen LogP contribution in [0.25, 0.3) is 0 Å². The molecule has 1 unspecified atom stereocenters. The normalized spacial score (nSPS) is 16.9. The SMILES string of the molecule is Cc1cc(NCC2Cc3ccccc32)ccc1F. The highest BCUT2D eigenvalue weighted by molar-refractivity contribution is 5.48. The van der Waals surface area contributed by atoms with Crippen LogP contribution in [0.4, 0.5) is 10.1 Å². The summed E-state index contributed by atoms with van der Waals surface area (Å²) >= 11 is 0. The zero-order chi connectivity index (χ0) is 12.5. The summed E-state index contributed by atoms with van der Waals surface area (Å²) in [6, 6.07) is 13.7. The lowest BCUT2D eigenvalue weighted by Gasteiger charge is -2.30. The molecule has 92 valence electrons. The Labute approximate surface area is 107 Å². The minimum atomic E-state index is -0.144. The highest BCUT2D eigenvalue weighted by atomic mass is 19.1. The molecule has 18 heavy (non-hydrogen) atoms. The molecule has 2 aromatic rings. The van der Waals surface area contributed by atoms with E-state index in [9.17, 15) is 4.39 Å². The van der Waals surface area contributed by atoms with Gasteiger partial charge in [0.2, 0.25) is 0 Å². The van der Waals surface area contributed by atoms with Crippen LogP contribution < -0.4 is 5.32 Å². The van der Waals surface area contributed by atoms with Crippen LogP contribution >= 0.6 is 0 Å². The predicted octanol–water partition coefficient (Wildman–Crippen LogP) is 3.89. The molecule has 0 saturated carbocycles. The molecular formula is C16H16FN. The highest BCUT2D eigenvalue weighted by Gasteiger charge is 2.24. The van der Waals surface area contributed by atoms with Crippen molar-refractivity contribution in [3.05, 3.63) is 65.0 Å². The van der Waals surface area contributed by atoms with E-state index in [0.29, 0.717) is 11.5 Å². The fourth-order valence-electron chi connectivity index (χ4n) is 2.54. The number of nitrogens with one attached hydrogen (secondary N) is 1. The standard InChI is InChI=1S/C16H16FN/c1-11-8-14(6-7-16(11)17)18-10-13-9-12-4-2-3-5-15(12)13/h2-8,13,18H,9-10H2,1H3. The maximum Gasteiger partial charge on any atom is 0.126 e. The predicted molar refractivity (Wildman–Crippen MR) is 72.5 cm³/mol. The zero-order valence-electron chi connectivity index (χ0n) is 10.4. The summed E-state index contributed by atoms with van der Waals surface area (Å²) in [5, 5.41) is 3.39. The molecule has 2 aromatic carbocycles. The fourth-order valence-corrected chi connectivity index (χ4v) is 2.54. The Hall–Kier alpha value is -1.83. The van der Waals surface area contributed by atoms with E-state index in [4.69, 9.17) is 0 Å². The molecule has 1 nitrogen and oxygen atoms in total. The van der Waals surface area contributed by atoms with E-state index in [1.807, 2.05) is 6.07 Å². The van der Waals surface area contributed by atoms with E-state index in [-0.39, 0.29) is 5.82 Å². The summed E-state index contributed by atoms with van der Waals surface area (Å²) in [6.45, 7) is 2.71. The minimum absolute atomic E-state index is 0.144. The van der Waals surface area contributed by atoms with Crippen LogP contribution in [-0.4, -0.2) is 6.54 Å². The molecule has 1 aliphatic carbocycles. The van der Waals surface area contributed by atoms with E-state index in [1.54, 1.807) is 13.0 Å². The quantitative estimate of drug-likeness (QED) is 0.859. The van der Waals surface area contributed by atoms with Crippen molar-refractivity contribution in [3.8, 4) is 0 Å². The minimum Gasteiger partial charge on any atom is -0.384 e. The average Bonchev–Trinajstić information content (AvgIpc) is 2.35. The average molecular weight is 241 g/mol. The molecule has 0 aromatic heterocycles. The molecule has 0 bridgehead atoms. The fraction of sp³-hybridized carbons (Fsp3) is 0.250. The van der Waals surface area contributed by atoms with Crippen LogP contribution in [-0.2, 0) is 6.42 Å². The van der Waals surface area contributed by atoms with Crippen molar-refractivity contribution < 1.29 is 4.39 Å². The summed E-state index contributed by atoms with van der Waals surface area (Å²) in [7, 11) is 0. The van der Waals surface area contributed by atoms with Gasteiger partial charge in [0.05, 0.1) is 0 Å². The van der Waals surface area contributed by atoms with Gasteiger partial charge in [-0.3, -0.25) is 0 Å². The molecule has 1 N–H and O–H groups in total. The van der Waals surface area contributed by atoms with Crippen molar-refractivity contribution in [2.45, 2.75) is 19.3 Å². The number of aryl methyl sites for hydroxylation is 1. The van der Waals surface area contributed by atoms with Gasteiger partial charge in [0.25, 0.3) is 0 Å². The number of anilines is 1. The van der Waals surface area contributed by atoms with Crippen LogP contribution in [0, 0.1) is 12.7 Å². The van der Waals surface area contributed by atoms with E-state index >= 15 is 0 Å². The molecule has 0 aliphatic heterocycles. The molecule has 0 spiro atoms. The number of rotatable bonds is 3. The molecule has 0 saturated heterocycles. The van der Waals surface area contributed by atoms with Crippen molar-refractivity contribution in [1.29, 1.82) is 0 Å². The molecular weight excluding hydrogens is 225 g/mol. The maximum absolute atomic E-state index is 13.1. The first-order valence-corrected chi connectivity index (χ1v) is 6.32. The monoisotopic (exact) mass is 241 g/mol. The summed E-state index contributed by atoms with van der Waals surface area (Å²) in [6.07, 6.45) is 1.14. The van der Waals surface area contributed by atoms with Gasteiger partial charge in [-0.2, -0.15) is 0 Å². The van der Waals surface area contributed by atoms with Crippen molar-refractivity contribution in [1.82, 2.24) is 0 Å². The van der Waals surface area contributed by atoms with E-state index in [2.05, 4.69) is 29.6 Å². The van der Waals surface area contributed by atoms with Crippen LogP contribution in [0.15, 0.2) is 42.5 Å².